The summed E-state index contributed by atoms with van der Waals surface area (Å²) in [6, 6.07) is 0. The Morgan fingerprint density at radius 1 is 1.09 bits per heavy atom. The molecule has 22 heavy (non-hydrogen) atoms. The lowest BCUT2D eigenvalue weighted by Crippen LogP contribution is -2.29. The van der Waals surface area contributed by atoms with Crippen LogP contribution >= 0.6 is 0 Å². The van der Waals surface area contributed by atoms with Crippen molar-refractivity contribution in [1.82, 2.24) is 4.98 Å². The fraction of sp³-hybridized carbons (Fsp3) is 0.571. The molecule has 1 aliphatic rings. The van der Waals surface area contributed by atoms with Crippen LogP contribution in [0, 0.1) is 29.4 Å². The van der Waals surface area contributed by atoms with E-state index in [0.29, 0.717) is 25.7 Å². The van der Waals surface area contributed by atoms with E-state index in [1.54, 1.807) is 6.92 Å². The fourth-order valence-electron chi connectivity index (χ4n) is 2.41. The number of halogens is 4. The molecule has 122 valence electrons. The molecular formula is C14H15F4NO3. The maximum Gasteiger partial charge on any atom is 0.308 e. The minimum atomic E-state index is -1.76. The third-order valence-electron chi connectivity index (χ3n) is 3.54. The molecule has 0 unspecified atom stereocenters. The van der Waals surface area contributed by atoms with Crippen molar-refractivity contribution in [3.63, 3.8) is 0 Å². The third kappa shape index (κ3) is 3.48. The minimum absolute atomic E-state index is 0.279. The molecule has 0 spiro atoms. The number of rotatable bonds is 4. The molecule has 1 heterocycles. The van der Waals surface area contributed by atoms with Crippen LogP contribution in [0.15, 0.2) is 0 Å². The molecule has 1 aliphatic carbocycles. The number of hydrogen-bond donors (Lipinski definition) is 0. The number of carbonyl (C=O) groups excluding carboxylic acids is 1. The highest BCUT2D eigenvalue weighted by Gasteiger charge is 2.31. The van der Waals surface area contributed by atoms with Gasteiger partial charge >= 0.3 is 5.97 Å². The second kappa shape index (κ2) is 6.93. The van der Waals surface area contributed by atoms with E-state index in [1.807, 2.05) is 0 Å². The number of aromatic nitrogens is 1. The number of esters is 1. The van der Waals surface area contributed by atoms with Gasteiger partial charge in [0, 0.05) is 0 Å². The standard InChI is InChI=1S/C14H15F4NO3/c1-2-21-14(20)7-3-5-8(6-4-7)22-11-9(15)12(17)19-13(18)10(11)16/h7-8H,2-6H2,1H3. The van der Waals surface area contributed by atoms with E-state index in [0.717, 1.165) is 0 Å². The average molecular weight is 321 g/mol. The van der Waals surface area contributed by atoms with Gasteiger partial charge in [-0.2, -0.15) is 22.5 Å². The van der Waals surface area contributed by atoms with Crippen LogP contribution in [0.4, 0.5) is 17.6 Å². The Labute approximate surface area is 124 Å². The van der Waals surface area contributed by atoms with Crippen LogP contribution in [0.2, 0.25) is 0 Å². The molecule has 1 saturated carbocycles. The lowest BCUT2D eigenvalue weighted by molar-refractivity contribution is -0.149. The van der Waals surface area contributed by atoms with Crippen molar-refractivity contribution in [1.29, 1.82) is 0 Å². The lowest BCUT2D eigenvalue weighted by atomic mass is 9.87. The van der Waals surface area contributed by atoms with Crippen molar-refractivity contribution in [2.24, 2.45) is 5.92 Å². The van der Waals surface area contributed by atoms with Crippen molar-refractivity contribution < 1.29 is 31.8 Å². The van der Waals surface area contributed by atoms with Crippen LogP contribution in [0.1, 0.15) is 32.6 Å². The second-order valence-electron chi connectivity index (χ2n) is 4.99. The number of pyridine rings is 1. The van der Waals surface area contributed by atoms with Crippen LogP contribution in [-0.4, -0.2) is 23.7 Å². The molecule has 0 aromatic carbocycles. The Hall–Kier alpha value is -1.86. The number of hydrogen-bond acceptors (Lipinski definition) is 4. The van der Waals surface area contributed by atoms with Gasteiger partial charge in [0.15, 0.2) is 0 Å². The molecule has 1 aromatic heterocycles. The number of nitrogens with zero attached hydrogens (tertiary/aromatic N) is 1. The molecule has 0 N–H and O–H groups in total. The van der Waals surface area contributed by atoms with Crippen LogP contribution in [0.25, 0.3) is 0 Å². The quantitative estimate of drug-likeness (QED) is 0.486. The van der Waals surface area contributed by atoms with Gasteiger partial charge < -0.3 is 9.47 Å². The van der Waals surface area contributed by atoms with Gasteiger partial charge in [-0.3, -0.25) is 4.79 Å². The molecule has 1 fully saturated rings. The van der Waals surface area contributed by atoms with E-state index in [4.69, 9.17) is 9.47 Å². The third-order valence-corrected chi connectivity index (χ3v) is 3.54. The van der Waals surface area contributed by atoms with E-state index in [9.17, 15) is 22.4 Å². The van der Waals surface area contributed by atoms with E-state index in [-0.39, 0.29) is 18.5 Å². The summed E-state index contributed by atoms with van der Waals surface area (Å²) in [5, 5.41) is 0. The van der Waals surface area contributed by atoms with Gasteiger partial charge in [-0.15, -0.1) is 0 Å². The summed E-state index contributed by atoms with van der Waals surface area (Å²) in [7, 11) is 0. The van der Waals surface area contributed by atoms with Gasteiger partial charge in [-0.1, -0.05) is 0 Å². The van der Waals surface area contributed by atoms with E-state index in [1.165, 1.54) is 0 Å². The van der Waals surface area contributed by atoms with Crippen molar-refractivity contribution in [3.8, 4) is 5.75 Å². The molecule has 0 radical (unpaired) electrons. The molecule has 8 heteroatoms. The van der Waals surface area contributed by atoms with Crippen LogP contribution in [0.3, 0.4) is 0 Å². The Bertz CT molecular complexity index is 533. The molecular weight excluding hydrogens is 306 g/mol. The van der Waals surface area contributed by atoms with Crippen molar-refractivity contribution in [2.75, 3.05) is 6.61 Å². The predicted molar refractivity (Wildman–Crippen MR) is 67.1 cm³/mol. The number of ether oxygens (including phenoxy) is 2. The summed E-state index contributed by atoms with van der Waals surface area (Å²) in [5.41, 5.74) is 0. The molecule has 0 amide bonds. The zero-order valence-electron chi connectivity index (χ0n) is 11.9. The highest BCUT2D eigenvalue weighted by Crippen LogP contribution is 2.31. The Kier molecular flexibility index (Phi) is 5.20. The summed E-state index contributed by atoms with van der Waals surface area (Å²) < 4.78 is 62.8. The van der Waals surface area contributed by atoms with E-state index < -0.39 is 35.4 Å². The zero-order valence-corrected chi connectivity index (χ0v) is 11.9. The fourth-order valence-corrected chi connectivity index (χ4v) is 2.41. The molecule has 2 rings (SSSR count). The molecule has 0 atom stereocenters. The van der Waals surface area contributed by atoms with Gasteiger partial charge in [-0.05, 0) is 32.6 Å². The van der Waals surface area contributed by atoms with Crippen molar-refractivity contribution in [3.05, 3.63) is 23.5 Å². The lowest BCUT2D eigenvalue weighted by Gasteiger charge is -2.27. The summed E-state index contributed by atoms with van der Waals surface area (Å²) in [5.74, 6) is -8.55. The SMILES string of the molecule is CCOC(=O)C1CCC(Oc2c(F)c(F)nc(F)c2F)CC1. The predicted octanol–water partition coefficient (Wildman–Crippen LogP) is 3.14. The average Bonchev–Trinajstić information content (AvgIpc) is 2.50. The largest absolute Gasteiger partial charge is 0.484 e. The van der Waals surface area contributed by atoms with Crippen molar-refractivity contribution >= 4 is 5.97 Å². The molecule has 1 aromatic rings. The monoisotopic (exact) mass is 321 g/mol. The van der Waals surface area contributed by atoms with Crippen molar-refractivity contribution in [2.45, 2.75) is 38.7 Å². The Morgan fingerprint density at radius 2 is 1.64 bits per heavy atom. The first-order valence-corrected chi connectivity index (χ1v) is 6.97. The summed E-state index contributed by atoms with van der Waals surface area (Å²) in [6.07, 6.45) is 0.865. The maximum atomic E-state index is 13.5. The normalized spacial score (nSPS) is 21.5. The first-order valence-electron chi connectivity index (χ1n) is 6.97. The second-order valence-corrected chi connectivity index (χ2v) is 4.99. The molecule has 0 bridgehead atoms. The van der Waals surface area contributed by atoms with Gasteiger partial charge in [0.2, 0.25) is 17.4 Å². The van der Waals surface area contributed by atoms with E-state index in [2.05, 4.69) is 4.98 Å². The molecule has 0 saturated heterocycles. The minimum Gasteiger partial charge on any atom is -0.484 e. The topological polar surface area (TPSA) is 48.4 Å². The maximum absolute atomic E-state index is 13.5. The van der Waals surface area contributed by atoms with Gasteiger partial charge in [0.05, 0.1) is 18.6 Å². The number of carbonyl (C=O) groups is 1. The first-order chi connectivity index (χ1) is 10.4. The van der Waals surface area contributed by atoms with Crippen LogP contribution < -0.4 is 4.74 Å². The van der Waals surface area contributed by atoms with Gasteiger partial charge in [-0.25, -0.2) is 0 Å². The molecule has 4 nitrogen and oxygen atoms in total. The van der Waals surface area contributed by atoms with E-state index >= 15 is 0 Å². The highest BCUT2D eigenvalue weighted by molar-refractivity contribution is 5.72. The zero-order chi connectivity index (χ0) is 16.3. The van der Waals surface area contributed by atoms with Crippen LogP contribution in [0.5, 0.6) is 5.75 Å². The smallest absolute Gasteiger partial charge is 0.308 e. The Morgan fingerprint density at radius 3 is 2.14 bits per heavy atom. The van der Waals surface area contributed by atoms with Crippen LogP contribution in [-0.2, 0) is 9.53 Å². The highest BCUT2D eigenvalue weighted by atomic mass is 19.2. The van der Waals surface area contributed by atoms with Gasteiger partial charge in [0.1, 0.15) is 0 Å². The Balaban J connectivity index is 2.01. The summed E-state index contributed by atoms with van der Waals surface area (Å²) >= 11 is 0. The first kappa shape index (κ1) is 16.5. The molecule has 0 aliphatic heterocycles. The summed E-state index contributed by atoms with van der Waals surface area (Å²) in [6.45, 7) is 1.98. The summed E-state index contributed by atoms with van der Waals surface area (Å²) in [4.78, 5) is 14.0. The van der Waals surface area contributed by atoms with Gasteiger partial charge in [0.25, 0.3) is 11.9 Å².